The molecule has 0 atom stereocenters. The van der Waals surface area contributed by atoms with E-state index in [4.69, 9.17) is 28.5 Å². The first-order valence-electron chi connectivity index (χ1n) is 4.93. The molecule has 1 nitrogen and oxygen atoms in total. The van der Waals surface area contributed by atoms with Crippen molar-refractivity contribution in [2.45, 2.75) is 9.79 Å². The number of nitriles is 1. The molecule has 18 heavy (non-hydrogen) atoms. The molecule has 2 rings (SSSR count). The smallest absolute Gasteiger partial charge is 0.102 e. The van der Waals surface area contributed by atoms with Crippen LogP contribution in [0.4, 0.5) is 0 Å². The number of halogens is 3. The maximum Gasteiger partial charge on any atom is 0.102 e. The largest absolute Gasteiger partial charge is 0.192 e. The first kappa shape index (κ1) is 13.8. The summed E-state index contributed by atoms with van der Waals surface area (Å²) < 4.78 is 0.771. The highest BCUT2D eigenvalue weighted by Crippen LogP contribution is 2.38. The van der Waals surface area contributed by atoms with E-state index in [0.717, 1.165) is 14.3 Å². The minimum absolute atomic E-state index is 0.596. The van der Waals surface area contributed by atoms with E-state index in [9.17, 15) is 0 Å². The van der Waals surface area contributed by atoms with Gasteiger partial charge >= 0.3 is 0 Å². The van der Waals surface area contributed by atoms with Gasteiger partial charge in [0.15, 0.2) is 0 Å². The third-order valence-electron chi connectivity index (χ3n) is 2.20. The maximum atomic E-state index is 9.15. The molecule has 0 saturated carbocycles. The van der Waals surface area contributed by atoms with Gasteiger partial charge in [-0.1, -0.05) is 41.0 Å². The van der Waals surface area contributed by atoms with Gasteiger partial charge in [-0.2, -0.15) is 5.26 Å². The predicted octanol–water partition coefficient (Wildman–Crippen LogP) is 5.78. The van der Waals surface area contributed by atoms with Gasteiger partial charge < -0.3 is 0 Å². The number of hydrogen-bond acceptors (Lipinski definition) is 2. The van der Waals surface area contributed by atoms with Crippen molar-refractivity contribution in [1.82, 2.24) is 0 Å². The summed E-state index contributed by atoms with van der Waals surface area (Å²) in [6, 6.07) is 13.0. The Balaban J connectivity index is 2.44. The molecule has 0 radical (unpaired) electrons. The Bertz CT molecular complexity index is 637. The van der Waals surface area contributed by atoms with Gasteiger partial charge in [0.25, 0.3) is 0 Å². The van der Waals surface area contributed by atoms with Crippen molar-refractivity contribution in [3.8, 4) is 6.07 Å². The van der Waals surface area contributed by atoms with Crippen LogP contribution in [0.2, 0.25) is 10.0 Å². The second-order valence-electron chi connectivity index (χ2n) is 3.40. The van der Waals surface area contributed by atoms with E-state index in [0.29, 0.717) is 15.6 Å². The molecular weight excluding hydrogens is 353 g/mol. The van der Waals surface area contributed by atoms with Crippen molar-refractivity contribution in [2.24, 2.45) is 0 Å². The van der Waals surface area contributed by atoms with Crippen LogP contribution in [0.1, 0.15) is 5.56 Å². The van der Waals surface area contributed by atoms with E-state index >= 15 is 0 Å². The molecule has 0 aliphatic heterocycles. The SMILES string of the molecule is N#Cc1c(Br)cccc1Sc1cc(Cl)ccc1Cl. The van der Waals surface area contributed by atoms with Gasteiger partial charge in [0, 0.05) is 19.3 Å². The Morgan fingerprint density at radius 1 is 1.11 bits per heavy atom. The molecule has 0 bridgehead atoms. The highest BCUT2D eigenvalue weighted by atomic mass is 79.9. The van der Waals surface area contributed by atoms with Crippen LogP contribution in [0.3, 0.4) is 0 Å². The molecule has 0 heterocycles. The number of hydrogen-bond donors (Lipinski definition) is 0. The van der Waals surface area contributed by atoms with Crippen LogP contribution in [-0.2, 0) is 0 Å². The lowest BCUT2D eigenvalue weighted by molar-refractivity contribution is 1.33. The van der Waals surface area contributed by atoms with Gasteiger partial charge in [0.1, 0.15) is 6.07 Å². The predicted molar refractivity (Wildman–Crippen MR) is 79.4 cm³/mol. The zero-order chi connectivity index (χ0) is 13.1. The van der Waals surface area contributed by atoms with Gasteiger partial charge in [-0.25, -0.2) is 0 Å². The van der Waals surface area contributed by atoms with E-state index in [2.05, 4.69) is 22.0 Å². The standard InChI is InChI=1S/C13H6BrCl2NS/c14-10-2-1-3-12(9(10)7-17)18-13-6-8(15)4-5-11(13)16/h1-6H. The van der Waals surface area contributed by atoms with Crippen molar-refractivity contribution < 1.29 is 0 Å². The summed E-state index contributed by atoms with van der Waals surface area (Å²) in [5, 5.41) is 10.4. The van der Waals surface area contributed by atoms with Gasteiger partial charge in [-0.15, -0.1) is 0 Å². The first-order valence-corrected chi connectivity index (χ1v) is 7.30. The fourth-order valence-corrected chi connectivity index (χ4v) is 3.42. The third-order valence-corrected chi connectivity index (χ3v) is 4.66. The van der Waals surface area contributed by atoms with Gasteiger partial charge in [0.05, 0.1) is 10.6 Å². The van der Waals surface area contributed by atoms with Crippen LogP contribution in [0.25, 0.3) is 0 Å². The van der Waals surface area contributed by atoms with Crippen molar-refractivity contribution >= 4 is 50.9 Å². The van der Waals surface area contributed by atoms with E-state index in [1.54, 1.807) is 18.2 Å². The minimum Gasteiger partial charge on any atom is -0.192 e. The average Bonchev–Trinajstić information content (AvgIpc) is 2.34. The summed E-state index contributed by atoms with van der Waals surface area (Å²) in [4.78, 5) is 1.68. The maximum absolute atomic E-state index is 9.15. The molecule has 90 valence electrons. The molecule has 2 aromatic rings. The second-order valence-corrected chi connectivity index (χ2v) is 6.18. The number of benzene rings is 2. The average molecular weight is 359 g/mol. The highest BCUT2D eigenvalue weighted by molar-refractivity contribution is 9.10. The highest BCUT2D eigenvalue weighted by Gasteiger charge is 2.10. The van der Waals surface area contributed by atoms with Crippen LogP contribution >= 0.6 is 50.9 Å². The lowest BCUT2D eigenvalue weighted by atomic mass is 10.2. The van der Waals surface area contributed by atoms with Gasteiger partial charge in [-0.05, 0) is 46.3 Å². The molecule has 0 saturated heterocycles. The molecule has 0 fully saturated rings. The second kappa shape index (κ2) is 5.99. The summed E-state index contributed by atoms with van der Waals surface area (Å²) in [6.07, 6.45) is 0. The fraction of sp³-hybridized carbons (Fsp3) is 0. The molecule has 0 unspecified atom stereocenters. The Kier molecular flexibility index (Phi) is 4.58. The van der Waals surface area contributed by atoms with Crippen molar-refractivity contribution in [3.63, 3.8) is 0 Å². The molecule has 0 spiro atoms. The van der Waals surface area contributed by atoms with Crippen LogP contribution < -0.4 is 0 Å². The zero-order valence-electron chi connectivity index (χ0n) is 8.95. The number of rotatable bonds is 2. The molecule has 0 aliphatic carbocycles. The topological polar surface area (TPSA) is 23.8 Å². The Morgan fingerprint density at radius 3 is 2.61 bits per heavy atom. The normalized spacial score (nSPS) is 10.1. The van der Waals surface area contributed by atoms with Crippen LogP contribution in [0.15, 0.2) is 50.7 Å². The summed E-state index contributed by atoms with van der Waals surface area (Å²) in [5.74, 6) is 0. The van der Waals surface area contributed by atoms with E-state index in [1.807, 2.05) is 18.2 Å². The van der Waals surface area contributed by atoms with E-state index < -0.39 is 0 Å². The zero-order valence-corrected chi connectivity index (χ0v) is 12.9. The summed E-state index contributed by atoms with van der Waals surface area (Å²) in [6.45, 7) is 0. The Labute approximate surface area is 128 Å². The molecule has 0 aromatic heterocycles. The fourth-order valence-electron chi connectivity index (χ4n) is 1.37. The summed E-state index contributed by atoms with van der Waals surface area (Å²) >= 11 is 16.8. The van der Waals surface area contributed by atoms with Gasteiger partial charge in [-0.3, -0.25) is 0 Å². The van der Waals surface area contributed by atoms with Crippen LogP contribution in [0.5, 0.6) is 0 Å². The van der Waals surface area contributed by atoms with Crippen molar-refractivity contribution in [1.29, 1.82) is 5.26 Å². The lowest BCUT2D eigenvalue weighted by Gasteiger charge is -2.07. The lowest BCUT2D eigenvalue weighted by Crippen LogP contribution is -1.84. The molecule has 0 N–H and O–H groups in total. The molecule has 5 heteroatoms. The van der Waals surface area contributed by atoms with Gasteiger partial charge in [0.2, 0.25) is 0 Å². The first-order chi connectivity index (χ1) is 8.61. The van der Waals surface area contributed by atoms with E-state index in [-0.39, 0.29) is 0 Å². The quantitative estimate of drug-likeness (QED) is 0.679. The Hall–Kier alpha value is -0.660. The summed E-state index contributed by atoms with van der Waals surface area (Å²) in [7, 11) is 0. The molecule has 0 amide bonds. The van der Waals surface area contributed by atoms with Crippen LogP contribution in [0, 0.1) is 11.3 Å². The Morgan fingerprint density at radius 2 is 1.89 bits per heavy atom. The third kappa shape index (κ3) is 3.02. The summed E-state index contributed by atoms with van der Waals surface area (Å²) in [5.41, 5.74) is 0.596. The molecular formula is C13H6BrCl2NS. The molecule has 0 aliphatic rings. The minimum atomic E-state index is 0.596. The van der Waals surface area contributed by atoms with Crippen LogP contribution in [-0.4, -0.2) is 0 Å². The van der Waals surface area contributed by atoms with Crippen molar-refractivity contribution in [3.05, 3.63) is 56.5 Å². The molecule has 2 aromatic carbocycles. The number of nitrogens with zero attached hydrogens (tertiary/aromatic N) is 1. The van der Waals surface area contributed by atoms with E-state index in [1.165, 1.54) is 11.8 Å². The van der Waals surface area contributed by atoms with Crippen molar-refractivity contribution in [2.75, 3.05) is 0 Å². The monoisotopic (exact) mass is 357 g/mol.